The number of hydrogen-bond acceptors (Lipinski definition) is 5. The molecule has 0 aliphatic heterocycles. The van der Waals surface area contributed by atoms with Crippen LogP contribution in [0.2, 0.25) is 0 Å². The molecule has 3 rings (SSSR count). The number of amidine groups is 1. The fourth-order valence-electron chi connectivity index (χ4n) is 3.27. The molecular formula is C22H26N4O3. The normalized spacial score (nSPS) is 13.0. The van der Waals surface area contributed by atoms with Crippen molar-refractivity contribution in [2.24, 2.45) is 0 Å². The number of carbonyl (C=O) groups excluding carboxylic acids is 1. The lowest BCUT2D eigenvalue weighted by Gasteiger charge is -2.33. The van der Waals surface area contributed by atoms with Gasteiger partial charge >= 0.3 is 0 Å². The molecule has 0 spiro atoms. The van der Waals surface area contributed by atoms with E-state index in [1.807, 2.05) is 55.1 Å². The number of rotatable bonds is 8. The third-order valence-corrected chi connectivity index (χ3v) is 5.04. The average Bonchev–Trinajstić information content (AvgIpc) is 3.17. The SMILES string of the molecule is CCC(C)N(C(=N)C(C=O)c1nc2ccccc2[nH]1)c1cc(OC)cc(OC)c1. The van der Waals surface area contributed by atoms with Crippen molar-refractivity contribution in [1.29, 1.82) is 5.41 Å². The van der Waals surface area contributed by atoms with Crippen molar-refractivity contribution in [3.05, 3.63) is 48.3 Å². The summed E-state index contributed by atoms with van der Waals surface area (Å²) in [6.07, 6.45) is 1.54. The fraction of sp³-hybridized carbons (Fsp3) is 0.318. The summed E-state index contributed by atoms with van der Waals surface area (Å²) in [5.74, 6) is 1.00. The number of H-pyrrole nitrogens is 1. The Hall–Kier alpha value is -3.35. The van der Waals surface area contributed by atoms with Gasteiger partial charge in [0.05, 0.1) is 25.3 Å². The molecule has 0 aliphatic carbocycles. The maximum Gasteiger partial charge on any atom is 0.138 e. The minimum atomic E-state index is -0.825. The lowest BCUT2D eigenvalue weighted by molar-refractivity contribution is -0.108. The molecule has 29 heavy (non-hydrogen) atoms. The number of imidazole rings is 1. The first-order valence-corrected chi connectivity index (χ1v) is 9.53. The second kappa shape index (κ2) is 8.77. The zero-order valence-electron chi connectivity index (χ0n) is 17.1. The maximum atomic E-state index is 12.0. The van der Waals surface area contributed by atoms with E-state index in [2.05, 4.69) is 9.97 Å². The number of fused-ring (bicyclic) bond motifs is 1. The molecule has 0 aliphatic rings. The molecule has 7 nitrogen and oxygen atoms in total. The zero-order chi connectivity index (χ0) is 21.0. The molecule has 0 amide bonds. The summed E-state index contributed by atoms with van der Waals surface area (Å²) < 4.78 is 10.8. The van der Waals surface area contributed by atoms with Crippen LogP contribution in [0.5, 0.6) is 11.5 Å². The predicted molar refractivity (Wildman–Crippen MR) is 114 cm³/mol. The van der Waals surface area contributed by atoms with Gasteiger partial charge in [0.15, 0.2) is 0 Å². The van der Waals surface area contributed by atoms with Gasteiger partial charge in [-0.05, 0) is 25.5 Å². The molecule has 0 radical (unpaired) electrons. The Labute approximate surface area is 170 Å². The van der Waals surface area contributed by atoms with Gasteiger partial charge in [0.2, 0.25) is 0 Å². The maximum absolute atomic E-state index is 12.0. The van der Waals surface area contributed by atoms with Crippen LogP contribution in [0.25, 0.3) is 11.0 Å². The lowest BCUT2D eigenvalue weighted by Crippen LogP contribution is -2.41. The van der Waals surface area contributed by atoms with E-state index >= 15 is 0 Å². The number of nitrogens with one attached hydrogen (secondary N) is 2. The molecule has 152 valence electrons. The lowest BCUT2D eigenvalue weighted by atomic mass is 10.0. The number of ether oxygens (including phenoxy) is 2. The number of carbonyl (C=O) groups is 1. The highest BCUT2D eigenvalue weighted by Crippen LogP contribution is 2.32. The average molecular weight is 394 g/mol. The fourth-order valence-corrected chi connectivity index (χ4v) is 3.27. The molecule has 2 atom stereocenters. The number of aromatic amines is 1. The van der Waals surface area contributed by atoms with E-state index in [1.54, 1.807) is 20.3 Å². The molecule has 1 heterocycles. The molecule has 0 bridgehead atoms. The van der Waals surface area contributed by atoms with Crippen LogP contribution < -0.4 is 14.4 Å². The summed E-state index contributed by atoms with van der Waals surface area (Å²) in [7, 11) is 3.17. The van der Waals surface area contributed by atoms with Crippen molar-refractivity contribution < 1.29 is 14.3 Å². The van der Waals surface area contributed by atoms with Gasteiger partial charge in [-0.15, -0.1) is 0 Å². The first-order chi connectivity index (χ1) is 14.0. The van der Waals surface area contributed by atoms with Crippen molar-refractivity contribution in [3.8, 4) is 11.5 Å². The van der Waals surface area contributed by atoms with Gasteiger partial charge in [0.25, 0.3) is 0 Å². The summed E-state index contributed by atoms with van der Waals surface area (Å²) in [6, 6.07) is 13.0. The van der Waals surface area contributed by atoms with Crippen molar-refractivity contribution in [3.63, 3.8) is 0 Å². The highest BCUT2D eigenvalue weighted by atomic mass is 16.5. The summed E-state index contributed by atoms with van der Waals surface area (Å²) in [5.41, 5.74) is 2.32. The van der Waals surface area contributed by atoms with Gasteiger partial charge in [-0.1, -0.05) is 19.1 Å². The third kappa shape index (κ3) is 4.08. The highest BCUT2D eigenvalue weighted by molar-refractivity contribution is 6.08. The van der Waals surface area contributed by atoms with E-state index in [9.17, 15) is 4.79 Å². The summed E-state index contributed by atoms with van der Waals surface area (Å²) >= 11 is 0. The molecule has 2 aromatic carbocycles. The van der Waals surface area contributed by atoms with E-state index < -0.39 is 5.92 Å². The predicted octanol–water partition coefficient (Wildman–Crippen LogP) is 4.14. The van der Waals surface area contributed by atoms with Gasteiger partial charge in [0.1, 0.15) is 35.4 Å². The number of nitrogens with zero attached hydrogens (tertiary/aromatic N) is 2. The summed E-state index contributed by atoms with van der Waals surface area (Å²) in [4.78, 5) is 21.6. The van der Waals surface area contributed by atoms with Crippen molar-refractivity contribution in [1.82, 2.24) is 9.97 Å². The molecule has 0 fully saturated rings. The van der Waals surface area contributed by atoms with Gasteiger partial charge in [-0.3, -0.25) is 5.41 Å². The van der Waals surface area contributed by atoms with E-state index in [0.717, 1.165) is 29.4 Å². The Morgan fingerprint density at radius 3 is 2.41 bits per heavy atom. The molecule has 3 aromatic rings. The molecule has 0 saturated carbocycles. The Morgan fingerprint density at radius 2 is 1.86 bits per heavy atom. The second-order valence-electron chi connectivity index (χ2n) is 6.84. The minimum Gasteiger partial charge on any atom is -0.497 e. The Balaban J connectivity index is 2.05. The topological polar surface area (TPSA) is 91.3 Å². The monoisotopic (exact) mass is 394 g/mol. The molecule has 7 heteroatoms. The minimum absolute atomic E-state index is 0.0221. The van der Waals surface area contributed by atoms with Crippen LogP contribution in [0.15, 0.2) is 42.5 Å². The van der Waals surface area contributed by atoms with Gasteiger partial charge in [0, 0.05) is 29.9 Å². The van der Waals surface area contributed by atoms with Crippen LogP contribution in [-0.4, -0.2) is 42.4 Å². The summed E-state index contributed by atoms with van der Waals surface area (Å²) in [6.45, 7) is 4.06. The van der Waals surface area contributed by atoms with Crippen LogP contribution in [0.4, 0.5) is 5.69 Å². The van der Waals surface area contributed by atoms with Crippen molar-refractivity contribution in [2.75, 3.05) is 19.1 Å². The standard InChI is InChI=1S/C22H26N4O3/c1-5-14(2)26(15-10-16(28-3)12-17(11-15)29-4)21(23)18(13-27)22-24-19-8-6-7-9-20(19)25-22/h6-14,18,23H,5H2,1-4H3,(H,24,25). The van der Waals surface area contributed by atoms with Gasteiger partial charge in [-0.2, -0.15) is 0 Å². The smallest absolute Gasteiger partial charge is 0.138 e. The van der Waals surface area contributed by atoms with E-state index in [4.69, 9.17) is 14.9 Å². The Bertz CT molecular complexity index is 959. The largest absolute Gasteiger partial charge is 0.497 e. The number of benzene rings is 2. The van der Waals surface area contributed by atoms with Crippen LogP contribution in [-0.2, 0) is 4.79 Å². The Morgan fingerprint density at radius 1 is 1.21 bits per heavy atom. The van der Waals surface area contributed by atoms with Crippen molar-refractivity contribution in [2.45, 2.75) is 32.2 Å². The first kappa shape index (κ1) is 20.4. The molecule has 2 N–H and O–H groups in total. The van der Waals surface area contributed by atoms with Crippen LogP contribution >= 0.6 is 0 Å². The molecule has 0 saturated heterocycles. The number of hydrogen-bond donors (Lipinski definition) is 2. The first-order valence-electron chi connectivity index (χ1n) is 9.53. The van der Waals surface area contributed by atoms with Crippen LogP contribution in [0.1, 0.15) is 32.0 Å². The van der Waals surface area contributed by atoms with Gasteiger partial charge in [-0.25, -0.2) is 4.98 Å². The number of methoxy groups -OCH3 is 2. The van der Waals surface area contributed by atoms with Crippen LogP contribution in [0, 0.1) is 5.41 Å². The highest BCUT2D eigenvalue weighted by Gasteiger charge is 2.29. The number of aldehydes is 1. The number of para-hydroxylation sites is 2. The van der Waals surface area contributed by atoms with E-state index in [0.29, 0.717) is 17.3 Å². The molecule has 2 unspecified atom stereocenters. The number of aromatic nitrogens is 2. The van der Waals surface area contributed by atoms with Gasteiger partial charge < -0.3 is 24.2 Å². The number of anilines is 1. The quantitative estimate of drug-likeness (QED) is 0.340. The molecular weight excluding hydrogens is 368 g/mol. The van der Waals surface area contributed by atoms with E-state index in [1.165, 1.54) is 0 Å². The van der Waals surface area contributed by atoms with Crippen LogP contribution in [0.3, 0.4) is 0 Å². The zero-order valence-corrected chi connectivity index (χ0v) is 17.1. The summed E-state index contributed by atoms with van der Waals surface area (Å²) in [5, 5.41) is 8.89. The van der Waals surface area contributed by atoms with Crippen molar-refractivity contribution >= 4 is 28.8 Å². The molecule has 1 aromatic heterocycles. The Kier molecular flexibility index (Phi) is 6.16. The third-order valence-electron chi connectivity index (χ3n) is 5.04. The van der Waals surface area contributed by atoms with E-state index in [-0.39, 0.29) is 11.9 Å². The second-order valence-corrected chi connectivity index (χ2v) is 6.84.